The molecule has 0 saturated heterocycles. The van der Waals surface area contributed by atoms with Crippen molar-refractivity contribution in [3.63, 3.8) is 0 Å². The lowest BCUT2D eigenvalue weighted by molar-refractivity contribution is 0.0953. The fraction of sp³-hybridized carbons (Fsp3) is 0.200. The van der Waals surface area contributed by atoms with Gasteiger partial charge in [-0.05, 0) is 24.5 Å². The molecule has 2 aromatic rings. The molecule has 0 unspecified atom stereocenters. The summed E-state index contributed by atoms with van der Waals surface area (Å²) in [7, 11) is 0. The smallest absolute Gasteiger partial charge is 0.254 e. The van der Waals surface area contributed by atoms with Crippen molar-refractivity contribution in [3.8, 4) is 0 Å². The van der Waals surface area contributed by atoms with Gasteiger partial charge in [0, 0.05) is 6.54 Å². The Kier molecular flexibility index (Phi) is 4.96. The Morgan fingerprint density at radius 1 is 1.30 bits per heavy atom. The van der Waals surface area contributed by atoms with E-state index in [9.17, 15) is 4.79 Å². The Labute approximate surface area is 123 Å². The number of aryl methyl sites for hydroxylation is 1. The first kappa shape index (κ1) is 14.3. The predicted octanol–water partition coefficient (Wildman–Crippen LogP) is 2.68. The number of pyridine rings is 1. The van der Waals surface area contributed by atoms with E-state index >= 15 is 0 Å². The largest absolute Gasteiger partial charge is 0.397 e. The van der Waals surface area contributed by atoms with E-state index in [2.05, 4.69) is 22.4 Å². The first-order valence-electron chi connectivity index (χ1n) is 6.40. The summed E-state index contributed by atoms with van der Waals surface area (Å²) < 4.78 is 0. The summed E-state index contributed by atoms with van der Waals surface area (Å²) in [6.07, 6.45) is 3.21. The fourth-order valence-corrected chi connectivity index (χ4v) is 2.05. The summed E-state index contributed by atoms with van der Waals surface area (Å²) in [4.78, 5) is 15.8. The van der Waals surface area contributed by atoms with Gasteiger partial charge < -0.3 is 11.1 Å². The molecule has 0 atom stereocenters. The molecule has 1 aromatic carbocycles. The Morgan fingerprint density at radius 2 is 2.05 bits per heavy atom. The second kappa shape index (κ2) is 6.91. The van der Waals surface area contributed by atoms with Crippen molar-refractivity contribution < 1.29 is 4.79 Å². The molecule has 1 amide bonds. The van der Waals surface area contributed by atoms with E-state index in [1.807, 2.05) is 18.2 Å². The van der Waals surface area contributed by atoms with Crippen LogP contribution in [0.4, 0.5) is 5.69 Å². The van der Waals surface area contributed by atoms with E-state index in [4.69, 9.17) is 17.3 Å². The van der Waals surface area contributed by atoms with Crippen LogP contribution in [0.25, 0.3) is 0 Å². The Balaban J connectivity index is 1.82. The van der Waals surface area contributed by atoms with Crippen LogP contribution in [0.5, 0.6) is 0 Å². The minimum atomic E-state index is -0.247. The minimum absolute atomic E-state index is 0.166. The maximum Gasteiger partial charge on any atom is 0.254 e. The number of carbonyl (C=O) groups excluding carboxylic acids is 1. The molecule has 0 fully saturated rings. The molecule has 5 heteroatoms. The molecular formula is C15H16ClN3O. The van der Waals surface area contributed by atoms with Crippen LogP contribution < -0.4 is 11.1 Å². The van der Waals surface area contributed by atoms with Gasteiger partial charge in [0.1, 0.15) is 5.15 Å². The van der Waals surface area contributed by atoms with Gasteiger partial charge in [-0.2, -0.15) is 0 Å². The van der Waals surface area contributed by atoms with Crippen molar-refractivity contribution in [2.24, 2.45) is 0 Å². The Morgan fingerprint density at radius 3 is 2.80 bits per heavy atom. The number of amides is 1. The van der Waals surface area contributed by atoms with E-state index in [0.29, 0.717) is 17.8 Å². The molecule has 20 heavy (non-hydrogen) atoms. The van der Waals surface area contributed by atoms with Crippen molar-refractivity contribution in [2.75, 3.05) is 12.3 Å². The first-order valence-corrected chi connectivity index (χ1v) is 6.78. The topological polar surface area (TPSA) is 68.0 Å². The van der Waals surface area contributed by atoms with Crippen LogP contribution in [-0.2, 0) is 6.42 Å². The Hall–Kier alpha value is -2.07. The number of rotatable bonds is 5. The van der Waals surface area contributed by atoms with Gasteiger partial charge in [0.25, 0.3) is 5.91 Å². The van der Waals surface area contributed by atoms with Crippen LogP contribution >= 0.6 is 11.6 Å². The zero-order chi connectivity index (χ0) is 14.4. The second-order valence-electron chi connectivity index (χ2n) is 4.45. The maximum atomic E-state index is 11.9. The number of nitrogen functional groups attached to an aromatic ring is 1. The van der Waals surface area contributed by atoms with Crippen LogP contribution in [0, 0.1) is 0 Å². The van der Waals surface area contributed by atoms with E-state index in [1.54, 1.807) is 0 Å². The zero-order valence-corrected chi connectivity index (χ0v) is 11.7. The molecule has 0 saturated carbocycles. The van der Waals surface area contributed by atoms with Crippen molar-refractivity contribution in [3.05, 3.63) is 58.9 Å². The predicted molar refractivity (Wildman–Crippen MR) is 80.8 cm³/mol. The molecule has 0 bridgehead atoms. The number of aromatic nitrogens is 1. The summed E-state index contributed by atoms with van der Waals surface area (Å²) in [5.41, 5.74) is 7.58. The van der Waals surface area contributed by atoms with E-state index in [1.165, 1.54) is 17.8 Å². The lowest BCUT2D eigenvalue weighted by atomic mass is 10.1. The molecule has 0 aliphatic heterocycles. The molecule has 1 heterocycles. The number of hydrogen-bond acceptors (Lipinski definition) is 3. The standard InChI is InChI=1S/C15H16ClN3O/c16-14-13(9-12(17)10-19-14)15(20)18-8-4-7-11-5-2-1-3-6-11/h1-3,5-6,9-10H,4,7-8,17H2,(H,18,20). The van der Waals surface area contributed by atoms with Crippen LogP contribution in [0.15, 0.2) is 42.6 Å². The minimum Gasteiger partial charge on any atom is -0.397 e. The molecular weight excluding hydrogens is 274 g/mol. The number of nitrogens with one attached hydrogen (secondary N) is 1. The van der Waals surface area contributed by atoms with Gasteiger partial charge in [-0.15, -0.1) is 0 Å². The number of hydrogen-bond donors (Lipinski definition) is 2. The molecule has 104 valence electrons. The second-order valence-corrected chi connectivity index (χ2v) is 4.81. The number of nitrogens with two attached hydrogens (primary N) is 1. The molecule has 0 spiro atoms. The van der Waals surface area contributed by atoms with Gasteiger partial charge in [0.15, 0.2) is 0 Å². The lowest BCUT2D eigenvalue weighted by Gasteiger charge is -2.07. The van der Waals surface area contributed by atoms with Crippen LogP contribution in [0.3, 0.4) is 0 Å². The monoisotopic (exact) mass is 289 g/mol. The van der Waals surface area contributed by atoms with Crippen LogP contribution in [-0.4, -0.2) is 17.4 Å². The molecule has 0 aliphatic carbocycles. The maximum absolute atomic E-state index is 11.9. The summed E-state index contributed by atoms with van der Waals surface area (Å²) >= 11 is 5.87. The van der Waals surface area contributed by atoms with E-state index < -0.39 is 0 Å². The van der Waals surface area contributed by atoms with Crippen molar-refractivity contribution in [1.29, 1.82) is 0 Å². The molecule has 3 N–H and O–H groups in total. The highest BCUT2D eigenvalue weighted by Crippen LogP contribution is 2.15. The molecule has 1 aromatic heterocycles. The molecule has 4 nitrogen and oxygen atoms in total. The van der Waals surface area contributed by atoms with Crippen molar-refractivity contribution in [2.45, 2.75) is 12.8 Å². The third-order valence-electron chi connectivity index (χ3n) is 2.88. The average molecular weight is 290 g/mol. The lowest BCUT2D eigenvalue weighted by Crippen LogP contribution is -2.25. The number of benzene rings is 1. The van der Waals surface area contributed by atoms with Gasteiger partial charge >= 0.3 is 0 Å². The fourth-order valence-electron chi connectivity index (χ4n) is 1.86. The zero-order valence-electron chi connectivity index (χ0n) is 11.0. The van der Waals surface area contributed by atoms with Gasteiger partial charge in [0.05, 0.1) is 17.4 Å². The third kappa shape index (κ3) is 3.96. The third-order valence-corrected chi connectivity index (χ3v) is 3.18. The van der Waals surface area contributed by atoms with Gasteiger partial charge in [-0.3, -0.25) is 4.79 Å². The highest BCUT2D eigenvalue weighted by molar-refractivity contribution is 6.32. The summed E-state index contributed by atoms with van der Waals surface area (Å²) in [6.45, 7) is 0.582. The van der Waals surface area contributed by atoms with Gasteiger partial charge in [-0.25, -0.2) is 4.98 Å². The van der Waals surface area contributed by atoms with E-state index in [-0.39, 0.29) is 11.1 Å². The van der Waals surface area contributed by atoms with E-state index in [0.717, 1.165) is 12.8 Å². The van der Waals surface area contributed by atoms with Crippen molar-refractivity contribution in [1.82, 2.24) is 10.3 Å². The Bertz CT molecular complexity index is 587. The normalized spacial score (nSPS) is 10.2. The molecule has 0 radical (unpaired) electrons. The molecule has 2 rings (SSSR count). The molecule has 0 aliphatic rings. The average Bonchev–Trinajstić information content (AvgIpc) is 2.47. The van der Waals surface area contributed by atoms with Gasteiger partial charge in [-0.1, -0.05) is 41.9 Å². The summed E-state index contributed by atoms with van der Waals surface area (Å²) in [5, 5.41) is 2.98. The first-order chi connectivity index (χ1) is 9.66. The SMILES string of the molecule is Nc1cnc(Cl)c(C(=O)NCCCc2ccccc2)c1. The summed E-state index contributed by atoms with van der Waals surface area (Å²) in [6, 6.07) is 11.7. The number of anilines is 1. The van der Waals surface area contributed by atoms with Crippen LogP contribution in [0.1, 0.15) is 22.3 Å². The van der Waals surface area contributed by atoms with Gasteiger partial charge in [0.2, 0.25) is 0 Å². The summed E-state index contributed by atoms with van der Waals surface area (Å²) in [5.74, 6) is -0.247. The van der Waals surface area contributed by atoms with Crippen LogP contribution in [0.2, 0.25) is 5.15 Å². The highest BCUT2D eigenvalue weighted by atomic mass is 35.5. The van der Waals surface area contributed by atoms with Crippen molar-refractivity contribution >= 4 is 23.2 Å². The number of carbonyl (C=O) groups is 1. The number of halogens is 1. The highest BCUT2D eigenvalue weighted by Gasteiger charge is 2.11. The quantitative estimate of drug-likeness (QED) is 0.657. The number of nitrogens with zero attached hydrogens (tertiary/aromatic N) is 1.